The van der Waals surface area contributed by atoms with E-state index in [0.29, 0.717) is 17.2 Å². The molecule has 1 amide bonds. The zero-order valence-corrected chi connectivity index (χ0v) is 13.5. The predicted octanol–water partition coefficient (Wildman–Crippen LogP) is 2.69. The Morgan fingerprint density at radius 2 is 1.88 bits per heavy atom. The molecule has 6 nitrogen and oxygen atoms in total. The molecule has 0 aliphatic carbocycles. The minimum atomic E-state index is -0.440. The number of rotatable bonds is 6. The lowest BCUT2D eigenvalue weighted by Crippen LogP contribution is -2.21. The van der Waals surface area contributed by atoms with E-state index in [4.69, 9.17) is 14.2 Å². The minimum Gasteiger partial charge on any atom is -0.455 e. The Kier molecular flexibility index (Phi) is 5.22. The number of anilines is 1. The molecule has 0 saturated carbocycles. The van der Waals surface area contributed by atoms with E-state index >= 15 is 0 Å². The van der Waals surface area contributed by atoms with Crippen LogP contribution in [0.5, 0.6) is 11.5 Å². The predicted molar refractivity (Wildman–Crippen MR) is 89.3 cm³/mol. The van der Waals surface area contributed by atoms with Crippen molar-refractivity contribution in [1.82, 2.24) is 0 Å². The lowest BCUT2D eigenvalue weighted by atomic mass is 10.3. The summed E-state index contributed by atoms with van der Waals surface area (Å²) < 4.78 is 15.4. The summed E-state index contributed by atoms with van der Waals surface area (Å²) in [7, 11) is 0. The van der Waals surface area contributed by atoms with Gasteiger partial charge >= 0.3 is 5.97 Å². The molecule has 0 saturated heterocycles. The van der Waals surface area contributed by atoms with Crippen molar-refractivity contribution < 1.29 is 23.8 Å². The molecular formula is C17H15NO5S. The molecule has 1 aliphatic heterocycles. The van der Waals surface area contributed by atoms with Crippen molar-refractivity contribution in [3.05, 3.63) is 48.5 Å². The van der Waals surface area contributed by atoms with E-state index in [9.17, 15) is 9.59 Å². The van der Waals surface area contributed by atoms with Crippen molar-refractivity contribution in [3.63, 3.8) is 0 Å². The molecule has 0 atom stereocenters. The van der Waals surface area contributed by atoms with Crippen LogP contribution < -0.4 is 14.8 Å². The second-order valence-corrected chi connectivity index (χ2v) is 5.93. The number of hydrogen-bond acceptors (Lipinski definition) is 6. The van der Waals surface area contributed by atoms with Crippen molar-refractivity contribution in [2.24, 2.45) is 0 Å². The van der Waals surface area contributed by atoms with Gasteiger partial charge in [-0.25, -0.2) is 0 Å². The third-order valence-corrected chi connectivity index (χ3v) is 4.11. The molecule has 3 rings (SSSR count). The number of esters is 1. The van der Waals surface area contributed by atoms with Gasteiger partial charge in [-0.2, -0.15) is 0 Å². The molecule has 1 aliphatic rings. The molecule has 2 aromatic rings. The maximum Gasteiger partial charge on any atom is 0.316 e. The van der Waals surface area contributed by atoms with Crippen molar-refractivity contribution in [1.29, 1.82) is 0 Å². The molecule has 0 bridgehead atoms. The number of carbonyl (C=O) groups is 2. The van der Waals surface area contributed by atoms with Gasteiger partial charge in [0.1, 0.15) is 0 Å². The molecule has 1 heterocycles. The van der Waals surface area contributed by atoms with Gasteiger partial charge in [0, 0.05) is 16.6 Å². The molecule has 7 heteroatoms. The fourth-order valence-electron chi connectivity index (χ4n) is 2.02. The van der Waals surface area contributed by atoms with E-state index in [1.807, 2.05) is 30.3 Å². The maximum absolute atomic E-state index is 11.8. The Balaban J connectivity index is 1.41. The van der Waals surface area contributed by atoms with Crippen LogP contribution in [-0.2, 0) is 14.3 Å². The number of amides is 1. The van der Waals surface area contributed by atoms with Crippen molar-refractivity contribution >= 4 is 29.3 Å². The van der Waals surface area contributed by atoms with E-state index in [1.54, 1.807) is 18.2 Å². The number of carbonyl (C=O) groups excluding carboxylic acids is 2. The van der Waals surface area contributed by atoms with Crippen molar-refractivity contribution in [3.8, 4) is 11.5 Å². The second kappa shape index (κ2) is 7.74. The molecule has 2 aromatic carbocycles. The zero-order valence-electron chi connectivity index (χ0n) is 12.7. The maximum atomic E-state index is 11.8. The van der Waals surface area contributed by atoms with Crippen LogP contribution in [0.2, 0.25) is 0 Å². The molecule has 0 spiro atoms. The monoisotopic (exact) mass is 345 g/mol. The summed E-state index contributed by atoms with van der Waals surface area (Å²) in [5.41, 5.74) is 0.555. The van der Waals surface area contributed by atoms with E-state index in [-0.39, 0.29) is 19.2 Å². The number of fused-ring (bicyclic) bond motifs is 1. The summed E-state index contributed by atoms with van der Waals surface area (Å²) in [4.78, 5) is 24.5. The van der Waals surface area contributed by atoms with Gasteiger partial charge in [-0.1, -0.05) is 18.2 Å². The standard InChI is InChI=1S/C17H15NO5S/c19-16(18-12-6-7-14-15(8-12)23-11-22-14)9-21-17(20)10-24-13-4-2-1-3-5-13/h1-8H,9-11H2,(H,18,19). The molecule has 0 fully saturated rings. The van der Waals surface area contributed by atoms with Crippen LogP contribution in [-0.4, -0.2) is 31.0 Å². The van der Waals surface area contributed by atoms with Gasteiger partial charge in [-0.05, 0) is 24.3 Å². The third-order valence-electron chi connectivity index (χ3n) is 3.12. The SMILES string of the molecule is O=C(COC(=O)CSc1ccccc1)Nc1ccc2c(c1)OCO2. The Hall–Kier alpha value is -2.67. The van der Waals surface area contributed by atoms with Crippen LogP contribution in [0.4, 0.5) is 5.69 Å². The first-order chi connectivity index (χ1) is 11.7. The highest BCUT2D eigenvalue weighted by Gasteiger charge is 2.14. The number of thioether (sulfide) groups is 1. The Bertz CT molecular complexity index is 735. The van der Waals surface area contributed by atoms with Gasteiger partial charge in [0.2, 0.25) is 6.79 Å². The second-order valence-electron chi connectivity index (χ2n) is 4.88. The Morgan fingerprint density at radius 3 is 2.71 bits per heavy atom. The molecule has 0 radical (unpaired) electrons. The summed E-state index contributed by atoms with van der Waals surface area (Å²) in [6.45, 7) is -0.161. The topological polar surface area (TPSA) is 73.9 Å². The number of ether oxygens (including phenoxy) is 3. The van der Waals surface area contributed by atoms with Crippen molar-refractivity contribution in [2.75, 3.05) is 24.5 Å². The summed E-state index contributed by atoms with van der Waals surface area (Å²) in [6.07, 6.45) is 0. The normalized spacial score (nSPS) is 11.8. The van der Waals surface area contributed by atoms with Gasteiger partial charge in [0.15, 0.2) is 18.1 Å². The first-order valence-corrected chi connectivity index (χ1v) is 8.22. The highest BCUT2D eigenvalue weighted by Crippen LogP contribution is 2.34. The highest BCUT2D eigenvalue weighted by atomic mass is 32.2. The van der Waals surface area contributed by atoms with Gasteiger partial charge < -0.3 is 19.5 Å². The van der Waals surface area contributed by atoms with Crippen LogP contribution in [0.15, 0.2) is 53.4 Å². The molecule has 0 unspecified atom stereocenters. The highest BCUT2D eigenvalue weighted by molar-refractivity contribution is 8.00. The van der Waals surface area contributed by atoms with Crippen LogP contribution in [0.3, 0.4) is 0 Å². The fraction of sp³-hybridized carbons (Fsp3) is 0.176. The van der Waals surface area contributed by atoms with E-state index in [1.165, 1.54) is 11.8 Å². The lowest BCUT2D eigenvalue weighted by Gasteiger charge is -2.07. The average molecular weight is 345 g/mol. The van der Waals surface area contributed by atoms with Crippen LogP contribution >= 0.6 is 11.8 Å². The molecular weight excluding hydrogens is 330 g/mol. The average Bonchev–Trinajstić information content (AvgIpc) is 3.07. The van der Waals surface area contributed by atoms with Crippen LogP contribution in [0.1, 0.15) is 0 Å². The first kappa shape index (κ1) is 16.2. The van der Waals surface area contributed by atoms with E-state index in [2.05, 4.69) is 5.32 Å². The van der Waals surface area contributed by atoms with E-state index < -0.39 is 11.9 Å². The Morgan fingerprint density at radius 1 is 1.08 bits per heavy atom. The molecule has 1 N–H and O–H groups in total. The fourth-order valence-corrected chi connectivity index (χ4v) is 2.74. The molecule has 124 valence electrons. The largest absolute Gasteiger partial charge is 0.455 e. The van der Waals surface area contributed by atoms with Gasteiger partial charge in [0.05, 0.1) is 5.75 Å². The third kappa shape index (κ3) is 4.42. The minimum absolute atomic E-state index is 0.154. The van der Waals surface area contributed by atoms with Gasteiger partial charge in [-0.15, -0.1) is 11.8 Å². The first-order valence-electron chi connectivity index (χ1n) is 7.24. The quantitative estimate of drug-likeness (QED) is 0.641. The number of nitrogens with one attached hydrogen (secondary N) is 1. The van der Waals surface area contributed by atoms with Gasteiger partial charge in [0.25, 0.3) is 5.91 Å². The zero-order chi connectivity index (χ0) is 16.8. The smallest absolute Gasteiger partial charge is 0.316 e. The number of hydrogen-bond donors (Lipinski definition) is 1. The van der Waals surface area contributed by atoms with E-state index in [0.717, 1.165) is 4.90 Å². The molecule has 0 aromatic heterocycles. The summed E-state index contributed by atoms with van der Waals surface area (Å²) in [5, 5.41) is 2.64. The number of benzene rings is 2. The molecule has 24 heavy (non-hydrogen) atoms. The Labute approximate surface area is 143 Å². The lowest BCUT2D eigenvalue weighted by molar-refractivity contribution is -0.144. The summed E-state index contributed by atoms with van der Waals surface area (Å²) in [6, 6.07) is 14.6. The van der Waals surface area contributed by atoms with Gasteiger partial charge in [-0.3, -0.25) is 9.59 Å². The van der Waals surface area contributed by atoms with Crippen LogP contribution in [0, 0.1) is 0 Å². The van der Waals surface area contributed by atoms with Crippen molar-refractivity contribution in [2.45, 2.75) is 4.90 Å². The summed E-state index contributed by atoms with van der Waals surface area (Å²) >= 11 is 1.36. The summed E-state index contributed by atoms with van der Waals surface area (Å²) in [5.74, 6) is 0.513. The van der Waals surface area contributed by atoms with Crippen LogP contribution in [0.25, 0.3) is 0 Å².